The van der Waals surface area contributed by atoms with E-state index in [1.54, 1.807) is 6.92 Å². The quantitative estimate of drug-likeness (QED) is 0.628. The van der Waals surface area contributed by atoms with Gasteiger partial charge in [0.15, 0.2) is 0 Å². The molecule has 0 aliphatic carbocycles. The van der Waals surface area contributed by atoms with Crippen LogP contribution in [0, 0.1) is 11.3 Å². The van der Waals surface area contributed by atoms with Crippen molar-refractivity contribution >= 4 is 5.78 Å². The molecule has 0 amide bonds. The van der Waals surface area contributed by atoms with Gasteiger partial charge in [0, 0.05) is 12.8 Å². The van der Waals surface area contributed by atoms with E-state index in [0.29, 0.717) is 6.42 Å². The van der Waals surface area contributed by atoms with Gasteiger partial charge in [-0.3, -0.25) is 0 Å². The Balaban J connectivity index is 0. The van der Waals surface area contributed by atoms with E-state index >= 15 is 0 Å². The first-order chi connectivity index (χ1) is 5.18. The van der Waals surface area contributed by atoms with Crippen LogP contribution in [0.4, 0.5) is 0 Å². The molecular formula is C9H17NO. The molecule has 0 N–H and O–H groups in total. The summed E-state index contributed by atoms with van der Waals surface area (Å²) in [6.45, 7) is 5.61. The van der Waals surface area contributed by atoms with Gasteiger partial charge in [0.25, 0.3) is 0 Å². The van der Waals surface area contributed by atoms with E-state index < -0.39 is 0 Å². The molecule has 0 spiro atoms. The van der Waals surface area contributed by atoms with Gasteiger partial charge in [-0.05, 0) is 19.8 Å². The largest absolute Gasteiger partial charge is 0.300 e. The molecule has 0 aromatic carbocycles. The van der Waals surface area contributed by atoms with Crippen molar-refractivity contribution in [3.8, 4) is 6.07 Å². The summed E-state index contributed by atoms with van der Waals surface area (Å²) in [7, 11) is 0. The molecule has 0 rings (SSSR count). The van der Waals surface area contributed by atoms with Crippen molar-refractivity contribution in [1.82, 2.24) is 0 Å². The Labute approximate surface area is 69.2 Å². The zero-order valence-electron chi connectivity index (χ0n) is 7.68. The van der Waals surface area contributed by atoms with E-state index in [1.165, 1.54) is 0 Å². The summed E-state index contributed by atoms with van der Waals surface area (Å²) in [5.74, 6) is 0.289. The van der Waals surface area contributed by atoms with Crippen LogP contribution in [0.25, 0.3) is 0 Å². The highest BCUT2D eigenvalue weighted by molar-refractivity contribution is 5.75. The number of Topliss-reactive ketones (excluding diaryl/α,β-unsaturated/α-hetero) is 1. The first kappa shape index (κ1) is 12.8. The molecule has 0 heterocycles. The van der Waals surface area contributed by atoms with Crippen molar-refractivity contribution in [2.75, 3.05) is 0 Å². The van der Waals surface area contributed by atoms with Crippen LogP contribution >= 0.6 is 0 Å². The summed E-state index contributed by atoms with van der Waals surface area (Å²) in [5, 5.41) is 7.82. The van der Waals surface area contributed by atoms with E-state index in [-0.39, 0.29) is 5.78 Å². The molecule has 0 aromatic rings. The second-order valence-electron chi connectivity index (χ2n) is 2.36. The minimum absolute atomic E-state index is 0.289. The molecule has 0 unspecified atom stereocenters. The lowest BCUT2D eigenvalue weighted by atomic mass is 10.3. The summed E-state index contributed by atoms with van der Waals surface area (Å²) in [6, 6.07) is 2.02. The normalized spacial score (nSPS) is 7.45. The summed E-state index contributed by atoms with van der Waals surface area (Å²) < 4.78 is 0. The molecule has 0 radical (unpaired) electrons. The van der Waals surface area contributed by atoms with Gasteiger partial charge in [0.1, 0.15) is 5.78 Å². The number of unbranched alkanes of at least 4 members (excludes halogenated alkanes) is 1. The number of rotatable bonds is 3. The third-order valence-electron chi connectivity index (χ3n) is 0.964. The van der Waals surface area contributed by atoms with E-state index in [9.17, 15) is 4.79 Å². The van der Waals surface area contributed by atoms with E-state index in [1.807, 2.05) is 19.9 Å². The van der Waals surface area contributed by atoms with Gasteiger partial charge in [-0.15, -0.1) is 0 Å². The summed E-state index contributed by atoms with van der Waals surface area (Å²) in [6.07, 6.45) is 3.39. The first-order valence-corrected chi connectivity index (χ1v) is 4.05. The topological polar surface area (TPSA) is 40.9 Å². The average molecular weight is 155 g/mol. The molecule has 0 fully saturated rings. The highest BCUT2D eigenvalue weighted by atomic mass is 16.1. The smallest absolute Gasteiger partial charge is 0.129 e. The summed E-state index contributed by atoms with van der Waals surface area (Å²) in [4.78, 5) is 10.0. The number of ketones is 1. The number of carbonyl (C=O) groups is 1. The Hall–Kier alpha value is -0.840. The zero-order chi connectivity index (χ0) is 9.11. The molecule has 11 heavy (non-hydrogen) atoms. The van der Waals surface area contributed by atoms with Crippen LogP contribution < -0.4 is 0 Å². The molecule has 0 saturated carbocycles. The molecule has 0 atom stereocenters. The van der Waals surface area contributed by atoms with Gasteiger partial charge in [-0.25, -0.2) is 0 Å². The van der Waals surface area contributed by atoms with E-state index in [4.69, 9.17) is 5.26 Å². The Morgan fingerprint density at radius 1 is 1.36 bits per heavy atom. The van der Waals surface area contributed by atoms with Crippen molar-refractivity contribution < 1.29 is 4.79 Å². The predicted octanol–water partition coefficient (Wildman–Crippen LogP) is 2.69. The molecule has 0 aliphatic rings. The number of hydrogen-bond acceptors (Lipinski definition) is 2. The number of nitrogens with zero attached hydrogens (tertiary/aromatic N) is 1. The molecule has 0 bridgehead atoms. The Kier molecular flexibility index (Phi) is 13.8. The number of hydrogen-bond donors (Lipinski definition) is 0. The minimum Gasteiger partial charge on any atom is -0.300 e. The number of nitriles is 1. The maximum atomic E-state index is 10.0. The van der Waals surface area contributed by atoms with Gasteiger partial charge in [-0.2, -0.15) is 5.26 Å². The fraction of sp³-hybridized carbons (Fsp3) is 0.778. The highest BCUT2D eigenvalue weighted by Gasteiger charge is 1.83. The van der Waals surface area contributed by atoms with Crippen molar-refractivity contribution in [1.29, 1.82) is 5.26 Å². The van der Waals surface area contributed by atoms with Crippen LogP contribution in [0.2, 0.25) is 0 Å². The van der Waals surface area contributed by atoms with Gasteiger partial charge >= 0.3 is 0 Å². The van der Waals surface area contributed by atoms with Crippen LogP contribution in [-0.2, 0) is 4.79 Å². The zero-order valence-corrected chi connectivity index (χ0v) is 7.68. The molecule has 64 valence electrons. The maximum absolute atomic E-state index is 10.0. The fourth-order valence-corrected chi connectivity index (χ4v) is 0.464. The lowest BCUT2D eigenvalue weighted by molar-refractivity contribution is -0.117. The molecule has 0 aliphatic heterocycles. The predicted molar refractivity (Wildman–Crippen MR) is 46.1 cm³/mol. The Bertz CT molecular complexity index is 124. The van der Waals surface area contributed by atoms with Crippen LogP contribution in [0.3, 0.4) is 0 Å². The lowest BCUT2D eigenvalue weighted by Gasteiger charge is -1.80. The monoisotopic (exact) mass is 155 g/mol. The van der Waals surface area contributed by atoms with Crippen molar-refractivity contribution in [2.45, 2.75) is 46.5 Å². The Morgan fingerprint density at radius 3 is 1.91 bits per heavy atom. The molecule has 2 nitrogen and oxygen atoms in total. The highest BCUT2D eigenvalue weighted by Crippen LogP contribution is 1.84. The van der Waals surface area contributed by atoms with Crippen molar-refractivity contribution in [3.63, 3.8) is 0 Å². The lowest BCUT2D eigenvalue weighted by Crippen LogP contribution is -1.84. The van der Waals surface area contributed by atoms with Gasteiger partial charge in [0.05, 0.1) is 6.07 Å². The third-order valence-corrected chi connectivity index (χ3v) is 0.964. The van der Waals surface area contributed by atoms with Gasteiger partial charge in [-0.1, -0.05) is 13.8 Å². The molecule has 0 aromatic heterocycles. The standard InChI is InChI=1S/C5H10O.C4H7N/c1-3-4-5(2)6;1-2-3-4-5/h3-4H2,1-2H3;2-3H2,1H3. The average Bonchev–Trinajstić information content (AvgIpc) is 1.90. The van der Waals surface area contributed by atoms with Crippen LogP contribution in [0.1, 0.15) is 46.5 Å². The maximum Gasteiger partial charge on any atom is 0.129 e. The van der Waals surface area contributed by atoms with Crippen LogP contribution in [0.15, 0.2) is 0 Å². The van der Waals surface area contributed by atoms with E-state index in [2.05, 4.69) is 0 Å². The van der Waals surface area contributed by atoms with Crippen molar-refractivity contribution in [3.05, 3.63) is 0 Å². The minimum atomic E-state index is 0.289. The molecule has 0 saturated heterocycles. The van der Waals surface area contributed by atoms with E-state index in [0.717, 1.165) is 19.3 Å². The van der Waals surface area contributed by atoms with Crippen molar-refractivity contribution in [2.24, 2.45) is 0 Å². The second kappa shape index (κ2) is 11.9. The van der Waals surface area contributed by atoms with Gasteiger partial charge in [0.2, 0.25) is 0 Å². The second-order valence-corrected chi connectivity index (χ2v) is 2.36. The fourth-order valence-electron chi connectivity index (χ4n) is 0.464. The first-order valence-electron chi connectivity index (χ1n) is 4.05. The van der Waals surface area contributed by atoms with Crippen LogP contribution in [0.5, 0.6) is 0 Å². The molecular weight excluding hydrogens is 138 g/mol. The van der Waals surface area contributed by atoms with Gasteiger partial charge < -0.3 is 4.79 Å². The molecule has 2 heteroatoms. The Morgan fingerprint density at radius 2 is 1.91 bits per heavy atom. The number of carbonyl (C=O) groups excluding carboxylic acids is 1. The SMILES string of the molecule is CCCC#N.CCCC(C)=O. The summed E-state index contributed by atoms with van der Waals surface area (Å²) >= 11 is 0. The van der Waals surface area contributed by atoms with Crippen LogP contribution in [-0.4, -0.2) is 5.78 Å². The summed E-state index contributed by atoms with van der Waals surface area (Å²) in [5.41, 5.74) is 0. The third kappa shape index (κ3) is 27.1.